The van der Waals surface area contributed by atoms with Gasteiger partial charge in [0.25, 0.3) is 5.91 Å². The molecule has 6 heteroatoms. The number of aromatic nitrogens is 4. The largest absolute Gasteiger partial charge is 0.320 e. The predicted octanol–water partition coefficient (Wildman–Crippen LogP) is 2.44. The van der Waals surface area contributed by atoms with Crippen LogP contribution >= 0.6 is 0 Å². The molecule has 6 nitrogen and oxygen atoms in total. The van der Waals surface area contributed by atoms with E-state index in [0.717, 1.165) is 37.4 Å². The van der Waals surface area contributed by atoms with Crippen LogP contribution in [-0.2, 0) is 7.05 Å². The third kappa shape index (κ3) is 2.86. The van der Waals surface area contributed by atoms with Crippen molar-refractivity contribution in [3.8, 4) is 0 Å². The minimum atomic E-state index is -0.0782. The van der Waals surface area contributed by atoms with Crippen molar-refractivity contribution in [3.05, 3.63) is 36.8 Å². The zero-order chi connectivity index (χ0) is 15.5. The minimum Gasteiger partial charge on any atom is -0.320 e. The first-order valence-corrected chi connectivity index (χ1v) is 7.72. The van der Waals surface area contributed by atoms with Crippen LogP contribution in [0.15, 0.2) is 31.1 Å². The molecule has 1 aliphatic carbocycles. The van der Waals surface area contributed by atoms with Gasteiger partial charge in [-0.2, -0.15) is 0 Å². The molecule has 0 bridgehead atoms. The van der Waals surface area contributed by atoms with E-state index in [1.807, 2.05) is 16.5 Å². The number of imidazole rings is 1. The first-order valence-electron chi connectivity index (χ1n) is 7.72. The zero-order valence-corrected chi connectivity index (χ0v) is 13.0. The summed E-state index contributed by atoms with van der Waals surface area (Å²) in [7, 11) is 1.91. The highest BCUT2D eigenvalue weighted by Gasteiger charge is 2.31. The van der Waals surface area contributed by atoms with Crippen LogP contribution < -0.4 is 4.90 Å². The van der Waals surface area contributed by atoms with Crippen LogP contribution in [0.1, 0.15) is 43.1 Å². The van der Waals surface area contributed by atoms with E-state index in [1.54, 1.807) is 24.8 Å². The Morgan fingerprint density at radius 3 is 2.64 bits per heavy atom. The van der Waals surface area contributed by atoms with Crippen molar-refractivity contribution in [1.82, 2.24) is 19.5 Å². The lowest BCUT2D eigenvalue weighted by molar-refractivity contribution is 0.0960. The molecule has 0 unspecified atom stereocenters. The summed E-state index contributed by atoms with van der Waals surface area (Å²) >= 11 is 0. The van der Waals surface area contributed by atoms with E-state index in [4.69, 9.17) is 0 Å². The number of nitrogens with zero attached hydrogens (tertiary/aromatic N) is 5. The molecule has 0 aromatic carbocycles. The van der Waals surface area contributed by atoms with Gasteiger partial charge in [0, 0.05) is 19.3 Å². The molecule has 0 saturated heterocycles. The van der Waals surface area contributed by atoms with E-state index in [1.165, 1.54) is 6.33 Å². The standard InChI is InChI=1S/C16H21N5O/c1-12-3-5-13(6-4-12)21(15-9-18-11-20(15)2)16(22)14-7-8-17-10-19-14/h7-13H,3-6H2,1-2H3. The van der Waals surface area contributed by atoms with Gasteiger partial charge in [0.2, 0.25) is 0 Å². The van der Waals surface area contributed by atoms with Crippen molar-refractivity contribution in [3.63, 3.8) is 0 Å². The SMILES string of the molecule is CC1CCC(N(C(=O)c2ccncn2)c2cncn2C)CC1. The molecule has 1 aliphatic rings. The number of aryl methyl sites for hydroxylation is 1. The van der Waals surface area contributed by atoms with Crippen LogP contribution in [0.4, 0.5) is 5.82 Å². The summed E-state index contributed by atoms with van der Waals surface area (Å²) in [5.41, 5.74) is 0.426. The summed E-state index contributed by atoms with van der Waals surface area (Å²) in [5, 5.41) is 0. The fourth-order valence-electron chi connectivity index (χ4n) is 3.08. The number of amides is 1. The summed E-state index contributed by atoms with van der Waals surface area (Å²) in [6, 6.07) is 1.87. The second kappa shape index (κ2) is 6.25. The first-order chi connectivity index (χ1) is 10.7. The smallest absolute Gasteiger partial charge is 0.278 e. The lowest BCUT2D eigenvalue weighted by Gasteiger charge is -2.35. The number of hydrogen-bond acceptors (Lipinski definition) is 4. The van der Waals surface area contributed by atoms with Gasteiger partial charge >= 0.3 is 0 Å². The molecule has 0 radical (unpaired) electrons. The summed E-state index contributed by atoms with van der Waals surface area (Å²) < 4.78 is 1.89. The van der Waals surface area contributed by atoms with Crippen LogP contribution in [0, 0.1) is 5.92 Å². The molecule has 0 spiro atoms. The summed E-state index contributed by atoms with van der Waals surface area (Å²) in [6.07, 6.45) is 10.8. The van der Waals surface area contributed by atoms with Crippen molar-refractivity contribution in [2.24, 2.45) is 13.0 Å². The third-order valence-electron chi connectivity index (χ3n) is 4.41. The van der Waals surface area contributed by atoms with Crippen molar-refractivity contribution in [1.29, 1.82) is 0 Å². The van der Waals surface area contributed by atoms with Gasteiger partial charge in [0.1, 0.15) is 17.8 Å². The maximum atomic E-state index is 13.0. The zero-order valence-electron chi connectivity index (χ0n) is 13.0. The average molecular weight is 299 g/mol. The Morgan fingerprint density at radius 1 is 1.27 bits per heavy atom. The fourth-order valence-corrected chi connectivity index (χ4v) is 3.08. The highest BCUT2D eigenvalue weighted by Crippen LogP contribution is 2.30. The van der Waals surface area contributed by atoms with Crippen molar-refractivity contribution in [2.45, 2.75) is 38.6 Å². The van der Waals surface area contributed by atoms with Gasteiger partial charge in [-0.25, -0.2) is 15.0 Å². The van der Waals surface area contributed by atoms with Crippen molar-refractivity contribution in [2.75, 3.05) is 4.90 Å². The molecule has 1 amide bonds. The van der Waals surface area contributed by atoms with E-state index in [-0.39, 0.29) is 11.9 Å². The third-order valence-corrected chi connectivity index (χ3v) is 4.41. The maximum absolute atomic E-state index is 13.0. The normalized spacial score (nSPS) is 21.5. The van der Waals surface area contributed by atoms with E-state index in [0.29, 0.717) is 5.69 Å². The van der Waals surface area contributed by atoms with E-state index in [9.17, 15) is 4.79 Å². The molecular formula is C16H21N5O. The van der Waals surface area contributed by atoms with E-state index >= 15 is 0 Å². The predicted molar refractivity (Wildman–Crippen MR) is 83.5 cm³/mol. The maximum Gasteiger partial charge on any atom is 0.278 e. The minimum absolute atomic E-state index is 0.0782. The average Bonchev–Trinajstić information content (AvgIpc) is 2.96. The number of carbonyl (C=O) groups is 1. The lowest BCUT2D eigenvalue weighted by Crippen LogP contribution is -2.43. The molecule has 0 atom stereocenters. The molecule has 2 aromatic heterocycles. The first kappa shape index (κ1) is 14.7. The molecule has 0 N–H and O–H groups in total. The second-order valence-corrected chi connectivity index (χ2v) is 6.05. The number of carbonyl (C=O) groups excluding carboxylic acids is 1. The summed E-state index contributed by atoms with van der Waals surface area (Å²) in [6.45, 7) is 2.27. The summed E-state index contributed by atoms with van der Waals surface area (Å²) in [5.74, 6) is 1.48. The van der Waals surface area contributed by atoms with Gasteiger partial charge in [0.05, 0.1) is 12.5 Å². The topological polar surface area (TPSA) is 63.9 Å². The Morgan fingerprint density at radius 2 is 2.05 bits per heavy atom. The molecule has 2 aromatic rings. The Bertz CT molecular complexity index is 631. The second-order valence-electron chi connectivity index (χ2n) is 6.05. The van der Waals surface area contributed by atoms with E-state index in [2.05, 4.69) is 21.9 Å². The Kier molecular flexibility index (Phi) is 4.18. The molecule has 1 saturated carbocycles. The highest BCUT2D eigenvalue weighted by molar-refractivity contribution is 6.04. The van der Waals surface area contributed by atoms with Gasteiger partial charge in [-0.3, -0.25) is 9.69 Å². The van der Waals surface area contributed by atoms with Crippen LogP contribution in [-0.4, -0.2) is 31.5 Å². The molecule has 0 aliphatic heterocycles. The van der Waals surface area contributed by atoms with Gasteiger partial charge in [-0.05, 0) is 37.7 Å². The Balaban J connectivity index is 1.93. The van der Waals surface area contributed by atoms with Gasteiger partial charge in [0.15, 0.2) is 0 Å². The monoisotopic (exact) mass is 299 g/mol. The quantitative estimate of drug-likeness (QED) is 0.873. The number of hydrogen-bond donors (Lipinski definition) is 0. The van der Waals surface area contributed by atoms with Crippen molar-refractivity contribution >= 4 is 11.7 Å². The van der Waals surface area contributed by atoms with Gasteiger partial charge in [-0.1, -0.05) is 6.92 Å². The number of rotatable bonds is 3. The molecular weight excluding hydrogens is 278 g/mol. The summed E-state index contributed by atoms with van der Waals surface area (Å²) in [4.78, 5) is 27.0. The van der Waals surface area contributed by atoms with Gasteiger partial charge in [-0.15, -0.1) is 0 Å². The highest BCUT2D eigenvalue weighted by atomic mass is 16.2. The Hall–Kier alpha value is -2.24. The van der Waals surface area contributed by atoms with Gasteiger partial charge < -0.3 is 4.57 Å². The van der Waals surface area contributed by atoms with Crippen molar-refractivity contribution < 1.29 is 4.79 Å². The molecule has 3 rings (SSSR count). The fraction of sp³-hybridized carbons (Fsp3) is 0.500. The molecule has 2 heterocycles. The van der Waals surface area contributed by atoms with Crippen LogP contribution in [0.25, 0.3) is 0 Å². The lowest BCUT2D eigenvalue weighted by atomic mass is 9.86. The van der Waals surface area contributed by atoms with Crippen LogP contribution in [0.2, 0.25) is 0 Å². The van der Waals surface area contributed by atoms with Crippen LogP contribution in [0.5, 0.6) is 0 Å². The number of anilines is 1. The molecule has 22 heavy (non-hydrogen) atoms. The molecule has 116 valence electrons. The molecule has 1 fully saturated rings. The Labute approximate surface area is 130 Å². The van der Waals surface area contributed by atoms with Crippen LogP contribution in [0.3, 0.4) is 0 Å². The van der Waals surface area contributed by atoms with E-state index < -0.39 is 0 Å².